The largest absolute Gasteiger partial charge is 0.360 e. The maximum Gasteiger partial charge on any atom is 0.0989 e. The Morgan fingerprint density at radius 2 is 1.50 bits per heavy atom. The quantitative estimate of drug-likeness (QED) is 0.517. The summed E-state index contributed by atoms with van der Waals surface area (Å²) in [6.45, 7) is 11.2. The molecule has 0 bridgehead atoms. The van der Waals surface area contributed by atoms with Crippen LogP contribution in [0.25, 0.3) is 0 Å². The third kappa shape index (κ3) is 5.00. The summed E-state index contributed by atoms with van der Waals surface area (Å²) >= 11 is 0. The van der Waals surface area contributed by atoms with Crippen LogP contribution in [0.2, 0.25) is 0 Å². The van der Waals surface area contributed by atoms with Crippen LogP contribution in [0, 0.1) is 23.2 Å². The van der Waals surface area contributed by atoms with E-state index in [9.17, 15) is 0 Å². The molecule has 1 fully saturated rings. The van der Waals surface area contributed by atoms with E-state index >= 15 is 0 Å². The summed E-state index contributed by atoms with van der Waals surface area (Å²) in [5.41, 5.74) is 0. The molecule has 2 heteroatoms. The minimum atomic E-state index is 0.597. The smallest absolute Gasteiger partial charge is 0.0989 e. The molecule has 0 heterocycles. The van der Waals surface area contributed by atoms with E-state index in [4.69, 9.17) is 5.41 Å². The van der Waals surface area contributed by atoms with Crippen LogP contribution >= 0.6 is 0 Å². The van der Waals surface area contributed by atoms with Gasteiger partial charge in [-0.05, 0) is 37.5 Å². The summed E-state index contributed by atoms with van der Waals surface area (Å²) in [7, 11) is 0. The second-order valence-corrected chi connectivity index (χ2v) is 6.01. The zero-order valence-corrected chi connectivity index (χ0v) is 11.4. The monoisotopic (exact) mass is 224 g/mol. The molecule has 0 aliphatic heterocycles. The second-order valence-electron chi connectivity index (χ2n) is 6.01. The first kappa shape index (κ1) is 13.5. The van der Waals surface area contributed by atoms with Crippen LogP contribution in [-0.2, 0) is 0 Å². The van der Waals surface area contributed by atoms with E-state index in [1.54, 1.807) is 0 Å². The molecule has 0 saturated heterocycles. The summed E-state index contributed by atoms with van der Waals surface area (Å²) in [6.07, 6.45) is 4.93. The molecule has 0 spiro atoms. The van der Waals surface area contributed by atoms with Gasteiger partial charge in [0.2, 0.25) is 0 Å². The zero-order valence-electron chi connectivity index (χ0n) is 11.4. The molecular weight excluding hydrogens is 196 g/mol. The standard InChI is InChI=1S/C14H28N2/c1-11(2)7-9-16(10-8-12(3)4)14(15)13-5-6-13/h11-13,15H,5-10H2,1-4H3. The second kappa shape index (κ2) is 6.27. The topological polar surface area (TPSA) is 27.1 Å². The summed E-state index contributed by atoms with van der Waals surface area (Å²) in [4.78, 5) is 2.33. The van der Waals surface area contributed by atoms with Gasteiger partial charge in [0, 0.05) is 19.0 Å². The first-order valence-corrected chi connectivity index (χ1v) is 6.84. The van der Waals surface area contributed by atoms with Crippen LogP contribution in [0.4, 0.5) is 0 Å². The lowest BCUT2D eigenvalue weighted by molar-refractivity contribution is 0.345. The van der Waals surface area contributed by atoms with Gasteiger partial charge in [-0.25, -0.2) is 0 Å². The number of hydrogen-bond donors (Lipinski definition) is 1. The van der Waals surface area contributed by atoms with Crippen LogP contribution in [-0.4, -0.2) is 23.8 Å². The molecule has 0 radical (unpaired) electrons. The highest BCUT2D eigenvalue weighted by molar-refractivity contribution is 5.83. The Bertz CT molecular complexity index is 205. The molecule has 1 aliphatic rings. The molecule has 1 saturated carbocycles. The predicted molar refractivity (Wildman–Crippen MR) is 70.9 cm³/mol. The Labute approximate surface area is 101 Å². The minimum absolute atomic E-state index is 0.597. The summed E-state index contributed by atoms with van der Waals surface area (Å²) < 4.78 is 0. The Kier molecular flexibility index (Phi) is 5.30. The zero-order chi connectivity index (χ0) is 12.1. The molecule has 0 aromatic carbocycles. The Morgan fingerprint density at radius 1 is 1.06 bits per heavy atom. The third-order valence-electron chi connectivity index (χ3n) is 3.26. The van der Waals surface area contributed by atoms with Gasteiger partial charge in [-0.2, -0.15) is 0 Å². The highest BCUT2D eigenvalue weighted by atomic mass is 15.2. The first-order chi connectivity index (χ1) is 7.50. The number of rotatable bonds is 7. The van der Waals surface area contributed by atoms with Gasteiger partial charge in [0.15, 0.2) is 0 Å². The fourth-order valence-corrected chi connectivity index (χ4v) is 1.80. The molecule has 94 valence electrons. The number of hydrogen-bond acceptors (Lipinski definition) is 1. The van der Waals surface area contributed by atoms with Crippen molar-refractivity contribution in [1.29, 1.82) is 5.41 Å². The fourth-order valence-electron chi connectivity index (χ4n) is 1.80. The van der Waals surface area contributed by atoms with Crippen molar-refractivity contribution in [3.8, 4) is 0 Å². The summed E-state index contributed by atoms with van der Waals surface area (Å²) in [5.74, 6) is 3.00. The lowest BCUT2D eigenvalue weighted by Gasteiger charge is -2.27. The lowest BCUT2D eigenvalue weighted by atomic mass is 10.1. The molecule has 0 aromatic rings. The molecule has 0 amide bonds. The molecule has 1 N–H and O–H groups in total. The Balaban J connectivity index is 2.36. The number of nitrogens with one attached hydrogen (secondary N) is 1. The van der Waals surface area contributed by atoms with Gasteiger partial charge < -0.3 is 4.90 Å². The van der Waals surface area contributed by atoms with E-state index in [0.717, 1.165) is 30.8 Å². The molecule has 0 atom stereocenters. The van der Waals surface area contributed by atoms with E-state index in [0.29, 0.717) is 5.92 Å². The summed E-state index contributed by atoms with van der Waals surface area (Å²) in [6, 6.07) is 0. The van der Waals surface area contributed by atoms with E-state index in [1.807, 2.05) is 0 Å². The van der Waals surface area contributed by atoms with E-state index in [1.165, 1.54) is 25.7 Å². The maximum absolute atomic E-state index is 8.18. The normalized spacial score (nSPS) is 15.9. The van der Waals surface area contributed by atoms with Gasteiger partial charge in [-0.15, -0.1) is 0 Å². The molecule has 1 aliphatic carbocycles. The van der Waals surface area contributed by atoms with Gasteiger partial charge in [0.1, 0.15) is 0 Å². The van der Waals surface area contributed by atoms with Crippen molar-refractivity contribution in [2.75, 3.05) is 13.1 Å². The fraction of sp³-hybridized carbons (Fsp3) is 0.929. The van der Waals surface area contributed by atoms with Gasteiger partial charge in [0.05, 0.1) is 5.84 Å². The van der Waals surface area contributed by atoms with Crippen molar-refractivity contribution in [3.63, 3.8) is 0 Å². The van der Waals surface area contributed by atoms with Crippen LogP contribution in [0.1, 0.15) is 53.4 Å². The van der Waals surface area contributed by atoms with E-state index < -0.39 is 0 Å². The minimum Gasteiger partial charge on any atom is -0.360 e. The Hall–Kier alpha value is -0.530. The van der Waals surface area contributed by atoms with Crippen molar-refractivity contribution in [2.45, 2.75) is 53.4 Å². The third-order valence-corrected chi connectivity index (χ3v) is 3.26. The number of amidine groups is 1. The first-order valence-electron chi connectivity index (χ1n) is 6.84. The SMILES string of the molecule is CC(C)CCN(CCC(C)C)C(=N)C1CC1. The Morgan fingerprint density at radius 3 is 1.81 bits per heavy atom. The van der Waals surface area contributed by atoms with Gasteiger partial charge in [-0.3, -0.25) is 5.41 Å². The molecule has 1 rings (SSSR count). The van der Waals surface area contributed by atoms with Crippen molar-refractivity contribution in [1.82, 2.24) is 4.90 Å². The highest BCUT2D eigenvalue weighted by Gasteiger charge is 2.29. The van der Waals surface area contributed by atoms with Crippen molar-refractivity contribution >= 4 is 5.84 Å². The van der Waals surface area contributed by atoms with Crippen molar-refractivity contribution in [2.24, 2.45) is 17.8 Å². The lowest BCUT2D eigenvalue weighted by Crippen LogP contribution is -2.34. The highest BCUT2D eigenvalue weighted by Crippen LogP contribution is 2.31. The molecule has 2 nitrogen and oxygen atoms in total. The van der Waals surface area contributed by atoms with Gasteiger partial charge in [-0.1, -0.05) is 27.7 Å². The van der Waals surface area contributed by atoms with E-state index in [-0.39, 0.29) is 0 Å². The van der Waals surface area contributed by atoms with Crippen molar-refractivity contribution in [3.05, 3.63) is 0 Å². The molecule has 0 aromatic heterocycles. The van der Waals surface area contributed by atoms with Crippen LogP contribution < -0.4 is 0 Å². The van der Waals surface area contributed by atoms with Crippen LogP contribution in [0.15, 0.2) is 0 Å². The average Bonchev–Trinajstić information content (AvgIpc) is 2.99. The number of nitrogens with zero attached hydrogens (tertiary/aromatic N) is 1. The molecule has 16 heavy (non-hydrogen) atoms. The van der Waals surface area contributed by atoms with E-state index in [2.05, 4.69) is 32.6 Å². The molecular formula is C14H28N2. The van der Waals surface area contributed by atoms with Gasteiger partial charge in [0.25, 0.3) is 0 Å². The van der Waals surface area contributed by atoms with Crippen molar-refractivity contribution < 1.29 is 0 Å². The maximum atomic E-state index is 8.18. The molecule has 0 unspecified atom stereocenters. The van der Waals surface area contributed by atoms with Crippen LogP contribution in [0.5, 0.6) is 0 Å². The average molecular weight is 224 g/mol. The summed E-state index contributed by atoms with van der Waals surface area (Å²) in [5, 5.41) is 8.18. The van der Waals surface area contributed by atoms with Gasteiger partial charge >= 0.3 is 0 Å². The predicted octanol–water partition coefficient (Wildman–Crippen LogP) is 3.77. The van der Waals surface area contributed by atoms with Crippen LogP contribution in [0.3, 0.4) is 0 Å².